The molecule has 0 radical (unpaired) electrons. The molecule has 0 aliphatic rings. The Hall–Kier alpha value is -10.1. The summed E-state index contributed by atoms with van der Waals surface area (Å²) in [6.45, 7) is 58.6. The lowest BCUT2D eigenvalue weighted by Crippen LogP contribution is -2.30. The zero-order valence-electron chi connectivity index (χ0n) is 81.0. The van der Waals surface area contributed by atoms with E-state index in [0.29, 0.717) is 51.3 Å². The summed E-state index contributed by atoms with van der Waals surface area (Å²) in [5, 5.41) is 44.2. The van der Waals surface area contributed by atoms with E-state index in [-0.39, 0.29) is 136 Å². The first-order valence-electron chi connectivity index (χ1n) is 41.5. The van der Waals surface area contributed by atoms with Crippen LogP contribution in [0.4, 0.5) is 0 Å². The van der Waals surface area contributed by atoms with E-state index in [1.54, 1.807) is 62.9 Å². The molecule has 718 valence electrons. The van der Waals surface area contributed by atoms with Gasteiger partial charge in [0.05, 0.1) is 102 Å². The molecule has 5 N–H and O–H groups in total. The molecule has 0 aromatic heterocycles. The van der Waals surface area contributed by atoms with E-state index in [1.807, 2.05) is 132 Å². The number of benzene rings is 2. The lowest BCUT2D eigenvalue weighted by Gasteiger charge is -2.22. The summed E-state index contributed by atoms with van der Waals surface area (Å²) in [6, 6.07) is 3.69. The molecule has 0 aliphatic heterocycles. The van der Waals surface area contributed by atoms with Gasteiger partial charge < -0.3 is 77.6 Å². The summed E-state index contributed by atoms with van der Waals surface area (Å²) >= 11 is 0. The largest absolute Gasteiger partial charge is 0.481 e. The van der Waals surface area contributed by atoms with Gasteiger partial charge in [-0.15, -0.1) is 0 Å². The van der Waals surface area contributed by atoms with Crippen LogP contribution in [-0.2, 0) is 95.3 Å². The number of Topliss-reactive ketones (excluding diaryl/α,β-unsaturated/α-hetero) is 4. The van der Waals surface area contributed by atoms with Crippen LogP contribution >= 0.6 is 0 Å². The normalized spacial score (nSPS) is 12.1. The Bertz CT molecular complexity index is 3340. The number of hydrogen-bond acceptors (Lipinski definition) is 28. The first kappa shape index (κ1) is 130. The van der Waals surface area contributed by atoms with E-state index < -0.39 is 93.0 Å². The van der Waals surface area contributed by atoms with Crippen LogP contribution in [0.1, 0.15) is 355 Å². The number of ketones is 4. The Kier molecular flexibility index (Phi) is 73.1. The van der Waals surface area contributed by atoms with Crippen LogP contribution in [0, 0.1) is 40.4 Å². The second kappa shape index (κ2) is 70.1. The highest BCUT2D eigenvalue weighted by Gasteiger charge is 2.30. The SMILES string of the molecule is C=C(C)C(=O)OCCCC(=O)OC(C)COC(=O)C(C)(C)CC.CC(=O)c1cc(C(=O)O)c(C(C)=O)cc1C(=O)O.CC(=O)c1cc(C(C)=O)c(C(=O)O)cc1C(=O)O.CCC(C)(C)C(=O)O.CCC(C)C(=O)OC.CCC(C)C(=O)OC(C)(C)C.CCC(C)C(=O)OC(C)(C)C.CCC(C)C(=O)OCCOC.CCC(COC)OC.CCOC(=O)C(C)CC. The van der Waals surface area contributed by atoms with Crippen molar-refractivity contribution in [2.45, 2.75) is 295 Å². The molecule has 0 aliphatic carbocycles. The summed E-state index contributed by atoms with van der Waals surface area (Å²) in [7, 11) is 6.38. The Balaban J connectivity index is -0.000000207. The zero-order valence-corrected chi connectivity index (χ0v) is 81.0. The van der Waals surface area contributed by atoms with Crippen LogP contribution in [0.25, 0.3) is 0 Å². The fraction of sp³-hybridized carbons (Fsp3) is 0.663. The number of carboxylic acid groups (broad SMARTS) is 5. The van der Waals surface area contributed by atoms with Crippen molar-refractivity contribution in [1.29, 1.82) is 0 Å². The molecule has 0 fully saturated rings. The van der Waals surface area contributed by atoms with E-state index in [4.69, 9.17) is 72.9 Å². The van der Waals surface area contributed by atoms with Crippen LogP contribution in [0.2, 0.25) is 0 Å². The molecule has 33 nitrogen and oxygen atoms in total. The molecule has 7 atom stereocenters. The van der Waals surface area contributed by atoms with Gasteiger partial charge in [-0.25, -0.2) is 24.0 Å². The summed E-state index contributed by atoms with van der Waals surface area (Å²) in [6.07, 6.45) is 6.85. The van der Waals surface area contributed by atoms with Gasteiger partial charge in [-0.2, -0.15) is 0 Å². The number of rotatable bonds is 38. The van der Waals surface area contributed by atoms with Gasteiger partial charge in [0.15, 0.2) is 23.1 Å². The smallest absolute Gasteiger partial charge is 0.336 e. The highest BCUT2D eigenvalue weighted by molar-refractivity contribution is 6.13. The van der Waals surface area contributed by atoms with Crippen molar-refractivity contribution in [2.75, 3.05) is 68.1 Å². The van der Waals surface area contributed by atoms with E-state index in [1.165, 1.54) is 7.11 Å². The maximum atomic E-state index is 11.8. The quantitative estimate of drug-likeness (QED) is 0.0137. The molecule has 0 heterocycles. The van der Waals surface area contributed by atoms with E-state index in [9.17, 15) is 81.5 Å². The minimum Gasteiger partial charge on any atom is -0.481 e. The Morgan fingerprint density at radius 2 is 0.696 bits per heavy atom. The molecule has 2 rings (SSSR count). The third-order valence-corrected chi connectivity index (χ3v) is 17.6. The fourth-order valence-corrected chi connectivity index (χ4v) is 7.61. The summed E-state index contributed by atoms with van der Waals surface area (Å²) in [5.74, 6) is -10.2. The minimum absolute atomic E-state index is 0.00635. The van der Waals surface area contributed by atoms with Crippen LogP contribution in [0.15, 0.2) is 36.4 Å². The fourth-order valence-electron chi connectivity index (χ4n) is 7.61. The van der Waals surface area contributed by atoms with Gasteiger partial charge in [0.1, 0.15) is 30.5 Å². The van der Waals surface area contributed by atoms with Crippen molar-refractivity contribution in [3.8, 4) is 0 Å². The number of ether oxygens (including phenoxy) is 11. The Morgan fingerprint density at radius 1 is 0.376 bits per heavy atom. The van der Waals surface area contributed by atoms with Crippen molar-refractivity contribution in [3.63, 3.8) is 0 Å². The van der Waals surface area contributed by atoms with Gasteiger partial charge in [0.25, 0.3) is 0 Å². The Morgan fingerprint density at radius 3 is 0.928 bits per heavy atom. The highest BCUT2D eigenvalue weighted by atomic mass is 16.6. The Labute approximate surface area is 741 Å². The number of carbonyl (C=O) groups is 17. The van der Waals surface area contributed by atoms with Gasteiger partial charge in [-0.05, 0) is 200 Å². The topological polar surface area (TPSA) is 493 Å². The van der Waals surface area contributed by atoms with Gasteiger partial charge in [0.2, 0.25) is 0 Å². The maximum Gasteiger partial charge on any atom is 0.336 e. The molecular formula is C92H152O33. The van der Waals surface area contributed by atoms with Crippen molar-refractivity contribution in [1.82, 2.24) is 0 Å². The maximum absolute atomic E-state index is 11.8. The second-order valence-corrected chi connectivity index (χ2v) is 31.8. The second-order valence-electron chi connectivity index (χ2n) is 31.8. The average Bonchev–Trinajstić information content (AvgIpc) is 0.801. The van der Waals surface area contributed by atoms with Crippen LogP contribution in [-0.4, -0.2) is 218 Å². The number of aliphatic carboxylic acids is 1. The lowest BCUT2D eigenvalue weighted by molar-refractivity contribution is -0.164. The average molecular weight is 1790 g/mol. The van der Waals surface area contributed by atoms with Crippen molar-refractivity contribution >= 4 is 101 Å². The van der Waals surface area contributed by atoms with Gasteiger partial charge in [0, 0.05) is 55.6 Å². The number of methoxy groups -OCH3 is 4. The summed E-state index contributed by atoms with van der Waals surface area (Å²) < 4.78 is 54.1. The van der Waals surface area contributed by atoms with Gasteiger partial charge >= 0.3 is 77.6 Å². The minimum atomic E-state index is -1.42. The third-order valence-electron chi connectivity index (χ3n) is 17.6. The molecule has 33 heteroatoms. The summed E-state index contributed by atoms with van der Waals surface area (Å²) in [5.41, 5.74) is -3.90. The third kappa shape index (κ3) is 64.3. The molecule has 2 aromatic rings. The van der Waals surface area contributed by atoms with Crippen LogP contribution in [0.5, 0.6) is 0 Å². The number of carboxylic acids is 5. The van der Waals surface area contributed by atoms with Crippen molar-refractivity contribution in [3.05, 3.63) is 80.9 Å². The van der Waals surface area contributed by atoms with Crippen molar-refractivity contribution in [2.24, 2.45) is 40.4 Å². The first-order valence-corrected chi connectivity index (χ1v) is 41.5. The standard InChI is InChI=1S/C17H28O6.2C12H10O6.2C9H18O2.C8H16O3.C7H14O2.C6H14O2.2C6H12O2/c1-7-17(5,6)16(20)22-11-13(4)23-14(18)9-8-10-21-15(19)12(2)3;1-5(13)7-3-10(12(17)18)8(6(2)14)4-9(7)11(15)16;1-5(13)7-3-8(6(2)14)10(12(17)18)4-9(7)11(15)16;2*1-6-7(2)8(10)11-9(3,4)5;1-4-7(2)8(9)11-6-5-10-3;1-4-6(3)7(8)9-5-2;1-4-6(8-3)5-7-2;1-4-6(2,3)5(7)8;1-4-5(2)6(7)8-3/h13H,2,7-11H2,1,3-6H3;2*3-4H,1-2H3,(H,15,16)(H,17,18);2*7H,6H2,1-5H3;7H,4-6H2,1-3H3;6H,4-5H2,1-3H3;6H,4-5H2,1-3H3;4H2,1-3H3,(H,7,8);5H,4H2,1-3H3. The molecule has 0 spiro atoms. The highest BCUT2D eigenvalue weighted by Crippen LogP contribution is 2.24. The number of aromatic carboxylic acids is 4. The monoisotopic (exact) mass is 1790 g/mol. The number of hydrogen-bond donors (Lipinski definition) is 5. The molecule has 0 saturated carbocycles. The van der Waals surface area contributed by atoms with E-state index >= 15 is 0 Å². The van der Waals surface area contributed by atoms with Crippen LogP contribution < -0.4 is 0 Å². The lowest BCUT2D eigenvalue weighted by atomic mass is 9.91. The first-order chi connectivity index (χ1) is 57.3. The molecule has 0 amide bonds. The molecule has 125 heavy (non-hydrogen) atoms. The molecule has 2 aromatic carbocycles. The zero-order chi connectivity index (χ0) is 100.0. The van der Waals surface area contributed by atoms with E-state index in [0.717, 1.165) is 90.5 Å². The molecule has 0 bridgehead atoms. The van der Waals surface area contributed by atoms with Gasteiger partial charge in [-0.1, -0.05) is 96.6 Å². The van der Waals surface area contributed by atoms with Gasteiger partial charge in [-0.3, -0.25) is 57.5 Å². The van der Waals surface area contributed by atoms with Crippen LogP contribution in [0.3, 0.4) is 0 Å². The number of esters is 8. The predicted molar refractivity (Wildman–Crippen MR) is 471 cm³/mol. The summed E-state index contributed by atoms with van der Waals surface area (Å²) in [4.78, 5) is 188. The molecule has 7 unspecified atom stereocenters. The van der Waals surface area contributed by atoms with Crippen molar-refractivity contribution < 1.29 is 159 Å². The number of carbonyl (C=O) groups excluding carboxylic acids is 12. The van der Waals surface area contributed by atoms with E-state index in [2.05, 4.69) is 18.2 Å². The predicted octanol–water partition coefficient (Wildman–Crippen LogP) is 17.1. The molecular weight excluding hydrogens is 1630 g/mol. The molecule has 0 saturated heterocycles.